The van der Waals surface area contributed by atoms with Gasteiger partial charge >= 0.3 is 17.5 Å². The monoisotopic (exact) mass is 414 g/mol. The molecule has 0 unspecified atom stereocenters. The Bertz CT molecular complexity index is 1120. The van der Waals surface area contributed by atoms with Crippen molar-refractivity contribution in [3.8, 4) is 11.1 Å². The maximum atomic E-state index is 14.6. The zero-order valence-electron chi connectivity index (χ0n) is 16.5. The fourth-order valence-corrected chi connectivity index (χ4v) is 2.62. The molecule has 3 aromatic rings. The van der Waals surface area contributed by atoms with Crippen LogP contribution in [0, 0.1) is 15.9 Å². The van der Waals surface area contributed by atoms with E-state index in [0.717, 1.165) is 6.07 Å². The Labute approximate surface area is 170 Å². The van der Waals surface area contributed by atoms with Crippen LogP contribution in [0.1, 0.15) is 42.8 Å². The van der Waals surface area contributed by atoms with Crippen molar-refractivity contribution < 1.29 is 18.6 Å². The van der Waals surface area contributed by atoms with Gasteiger partial charge in [-0.1, -0.05) is 38.1 Å². The third kappa shape index (κ3) is 4.24. The minimum Gasteiger partial charge on any atom is -0.378 e. The van der Waals surface area contributed by atoms with E-state index in [4.69, 9.17) is 10.3 Å². The Hall–Kier alpha value is -3.89. The normalized spacial score (nSPS) is 11.3. The molecule has 0 bridgehead atoms. The van der Waals surface area contributed by atoms with Crippen molar-refractivity contribution in [3.05, 3.63) is 63.7 Å². The summed E-state index contributed by atoms with van der Waals surface area (Å²) in [5.41, 5.74) is 5.37. The van der Waals surface area contributed by atoms with Gasteiger partial charge in [-0.25, -0.2) is 9.37 Å². The Morgan fingerprint density at radius 3 is 2.67 bits per heavy atom. The first-order valence-corrected chi connectivity index (χ1v) is 8.88. The van der Waals surface area contributed by atoms with Crippen LogP contribution in [0.25, 0.3) is 11.1 Å². The average molecular weight is 414 g/mol. The summed E-state index contributed by atoms with van der Waals surface area (Å²) in [5.74, 6) is -1.40. The molecule has 0 atom stereocenters. The highest BCUT2D eigenvalue weighted by molar-refractivity contribution is 5.89. The van der Waals surface area contributed by atoms with Crippen molar-refractivity contribution in [1.82, 2.24) is 20.4 Å². The number of hydrogen-bond donors (Lipinski definition) is 2. The lowest BCUT2D eigenvalue weighted by atomic mass is 9.96. The van der Waals surface area contributed by atoms with E-state index < -0.39 is 22.3 Å². The summed E-state index contributed by atoms with van der Waals surface area (Å²) >= 11 is 0. The third-order valence-corrected chi connectivity index (χ3v) is 4.23. The highest BCUT2D eigenvalue weighted by Crippen LogP contribution is 2.33. The first kappa shape index (κ1) is 20.8. The minimum atomic E-state index is -0.667. The number of carbonyl (C=O) groups excluding carboxylic acids is 1. The fourth-order valence-electron chi connectivity index (χ4n) is 2.62. The Morgan fingerprint density at radius 1 is 1.33 bits per heavy atom. The number of nitrogens with zero attached hydrogens (tertiary/aromatic N) is 4. The predicted molar refractivity (Wildman–Crippen MR) is 105 cm³/mol. The number of nitrogen functional groups attached to an aromatic ring is 1. The van der Waals surface area contributed by atoms with Gasteiger partial charge in [0.25, 0.3) is 0 Å². The molecule has 0 spiro atoms. The molecule has 30 heavy (non-hydrogen) atoms. The number of carbonyl (C=O) groups is 1. The summed E-state index contributed by atoms with van der Waals surface area (Å²) in [6.45, 7) is 5.48. The molecule has 11 heteroatoms. The van der Waals surface area contributed by atoms with E-state index in [1.54, 1.807) is 0 Å². The van der Waals surface area contributed by atoms with Gasteiger partial charge in [-0.2, -0.15) is 4.98 Å². The SMILES string of the molecule is CC(C)(C)c1noc(C(=O)NCc2ccc(-c3ccnc(N)c3[N+](=O)[O-])cc2F)n1. The summed E-state index contributed by atoms with van der Waals surface area (Å²) in [4.78, 5) is 30.5. The number of nitrogens with two attached hydrogens (primary N) is 1. The molecule has 0 aliphatic heterocycles. The number of rotatable bonds is 5. The number of nitrogens with one attached hydrogen (secondary N) is 1. The largest absolute Gasteiger partial charge is 0.378 e. The molecule has 3 rings (SSSR count). The van der Waals surface area contributed by atoms with Crippen molar-refractivity contribution in [3.63, 3.8) is 0 Å². The van der Waals surface area contributed by atoms with Crippen molar-refractivity contribution in [2.75, 3.05) is 5.73 Å². The van der Waals surface area contributed by atoms with E-state index in [2.05, 4.69) is 20.4 Å². The molecule has 3 N–H and O–H groups in total. The van der Waals surface area contributed by atoms with Crippen LogP contribution in [0.5, 0.6) is 0 Å². The van der Waals surface area contributed by atoms with Gasteiger partial charge in [0.15, 0.2) is 5.82 Å². The van der Waals surface area contributed by atoms with Crippen LogP contribution in [-0.4, -0.2) is 26.0 Å². The molecule has 2 aromatic heterocycles. The lowest BCUT2D eigenvalue weighted by Crippen LogP contribution is -2.24. The molecule has 0 saturated heterocycles. The van der Waals surface area contributed by atoms with Crippen molar-refractivity contribution >= 4 is 17.4 Å². The molecule has 1 amide bonds. The second kappa shape index (κ2) is 7.85. The van der Waals surface area contributed by atoms with Gasteiger partial charge in [0.1, 0.15) is 5.82 Å². The van der Waals surface area contributed by atoms with Crippen LogP contribution in [-0.2, 0) is 12.0 Å². The van der Waals surface area contributed by atoms with E-state index in [1.165, 1.54) is 24.4 Å². The summed E-state index contributed by atoms with van der Waals surface area (Å²) in [7, 11) is 0. The van der Waals surface area contributed by atoms with Gasteiger partial charge < -0.3 is 15.6 Å². The minimum absolute atomic E-state index is 0.140. The number of benzene rings is 1. The first-order chi connectivity index (χ1) is 14.1. The second-order valence-electron chi connectivity index (χ2n) is 7.51. The van der Waals surface area contributed by atoms with Crippen LogP contribution in [0.3, 0.4) is 0 Å². The molecule has 2 heterocycles. The Kier molecular flexibility index (Phi) is 5.45. The standard InChI is InChI=1S/C19H19FN6O4/c1-19(2,3)18-24-17(30-25-18)16(27)23-9-11-5-4-10(8-13(11)20)12-6-7-22-15(21)14(12)26(28)29/h4-8H,9H2,1-3H3,(H2,21,22)(H,23,27). The molecule has 156 valence electrons. The molecular weight excluding hydrogens is 395 g/mol. The van der Waals surface area contributed by atoms with E-state index >= 15 is 0 Å². The highest BCUT2D eigenvalue weighted by atomic mass is 19.1. The van der Waals surface area contributed by atoms with Crippen LogP contribution in [0.2, 0.25) is 0 Å². The van der Waals surface area contributed by atoms with Gasteiger partial charge in [-0.15, -0.1) is 0 Å². The second-order valence-corrected chi connectivity index (χ2v) is 7.51. The van der Waals surface area contributed by atoms with Crippen LogP contribution in [0.15, 0.2) is 35.0 Å². The number of hydrogen-bond acceptors (Lipinski definition) is 8. The smallest absolute Gasteiger partial charge is 0.318 e. The van der Waals surface area contributed by atoms with Gasteiger partial charge in [-0.3, -0.25) is 14.9 Å². The molecule has 0 radical (unpaired) electrons. The molecule has 0 saturated carbocycles. The molecule has 0 aliphatic carbocycles. The number of nitro groups is 1. The maximum Gasteiger partial charge on any atom is 0.318 e. The maximum absolute atomic E-state index is 14.6. The van der Waals surface area contributed by atoms with Crippen LogP contribution in [0.4, 0.5) is 15.9 Å². The Balaban J connectivity index is 1.77. The number of halogens is 1. The molecule has 10 nitrogen and oxygen atoms in total. The van der Waals surface area contributed by atoms with E-state index in [1.807, 2.05) is 20.8 Å². The van der Waals surface area contributed by atoms with Crippen molar-refractivity contribution in [2.45, 2.75) is 32.7 Å². The highest BCUT2D eigenvalue weighted by Gasteiger charge is 2.24. The summed E-state index contributed by atoms with van der Waals surface area (Å²) in [5, 5.41) is 17.5. The summed E-state index contributed by atoms with van der Waals surface area (Å²) < 4.78 is 19.5. The molecule has 1 aromatic carbocycles. The van der Waals surface area contributed by atoms with Gasteiger partial charge in [0.05, 0.1) is 10.5 Å². The number of anilines is 1. The zero-order valence-corrected chi connectivity index (χ0v) is 16.5. The molecule has 0 aliphatic rings. The number of aromatic nitrogens is 3. The number of amides is 1. The summed E-state index contributed by atoms with van der Waals surface area (Å²) in [6, 6.07) is 5.43. The lowest BCUT2D eigenvalue weighted by molar-refractivity contribution is -0.383. The summed E-state index contributed by atoms with van der Waals surface area (Å²) in [6.07, 6.45) is 1.31. The van der Waals surface area contributed by atoms with E-state index in [-0.39, 0.29) is 40.4 Å². The van der Waals surface area contributed by atoms with E-state index in [0.29, 0.717) is 5.82 Å². The van der Waals surface area contributed by atoms with Crippen LogP contribution < -0.4 is 11.1 Å². The van der Waals surface area contributed by atoms with Gasteiger partial charge in [-0.05, 0) is 17.7 Å². The topological polar surface area (TPSA) is 150 Å². The number of pyridine rings is 1. The van der Waals surface area contributed by atoms with Gasteiger partial charge in [0.2, 0.25) is 5.82 Å². The lowest BCUT2D eigenvalue weighted by Gasteiger charge is -2.10. The molecule has 0 fully saturated rings. The Morgan fingerprint density at radius 2 is 2.07 bits per heavy atom. The zero-order chi connectivity index (χ0) is 22.1. The van der Waals surface area contributed by atoms with Crippen LogP contribution >= 0.6 is 0 Å². The average Bonchev–Trinajstić information content (AvgIpc) is 3.17. The third-order valence-electron chi connectivity index (χ3n) is 4.23. The van der Waals surface area contributed by atoms with Crippen molar-refractivity contribution in [2.24, 2.45) is 0 Å². The predicted octanol–water partition coefficient (Wildman–Crippen LogP) is 2.99. The first-order valence-electron chi connectivity index (χ1n) is 8.88. The fraction of sp³-hybridized carbons (Fsp3) is 0.263. The van der Waals surface area contributed by atoms with E-state index in [9.17, 15) is 19.3 Å². The quantitative estimate of drug-likeness (QED) is 0.478. The van der Waals surface area contributed by atoms with Gasteiger partial charge in [0, 0.05) is 23.7 Å². The molecular formula is C19H19FN6O4. The van der Waals surface area contributed by atoms with Crippen molar-refractivity contribution in [1.29, 1.82) is 0 Å².